The summed E-state index contributed by atoms with van der Waals surface area (Å²) >= 11 is 0. The Morgan fingerprint density at radius 2 is 1.86 bits per heavy atom. The Morgan fingerprint density at radius 1 is 1.14 bits per heavy atom. The molecule has 5 nitrogen and oxygen atoms in total. The van der Waals surface area contributed by atoms with Crippen molar-refractivity contribution in [2.75, 3.05) is 18.4 Å². The number of nitrogens with one attached hydrogen (secondary N) is 2. The predicted octanol–water partition coefficient (Wildman–Crippen LogP) is 4.89. The number of anilines is 1. The number of benzene rings is 2. The molecule has 1 saturated heterocycles. The monoisotopic (exact) mass is 391 g/mol. The van der Waals surface area contributed by atoms with Crippen molar-refractivity contribution in [2.24, 2.45) is 0 Å². The van der Waals surface area contributed by atoms with Crippen LogP contribution in [0, 0.1) is 6.92 Å². The number of hydrogen-bond donors (Lipinski definition) is 2. The number of likely N-dealkylation sites (tertiary alicyclic amines) is 1. The topological polar surface area (TPSA) is 53.6 Å². The first-order valence-corrected chi connectivity index (χ1v) is 10.5. The molecule has 2 aliphatic rings. The van der Waals surface area contributed by atoms with Crippen LogP contribution in [0.3, 0.4) is 0 Å². The molecule has 152 valence electrons. The SMILES string of the molecule is CCCc1ccccc1NC(=O)N1CCC2(C=C(c3ccc(C)cc3)NO2)CC1. The lowest BCUT2D eigenvalue weighted by atomic mass is 9.90. The van der Waals surface area contributed by atoms with Crippen LogP contribution in [0.5, 0.6) is 0 Å². The lowest BCUT2D eigenvalue weighted by Gasteiger charge is -2.36. The second-order valence-electron chi connectivity index (χ2n) is 8.02. The molecule has 0 radical (unpaired) electrons. The number of rotatable bonds is 4. The van der Waals surface area contributed by atoms with E-state index in [1.54, 1.807) is 0 Å². The largest absolute Gasteiger partial charge is 0.324 e. The number of carbonyl (C=O) groups is 1. The zero-order valence-electron chi connectivity index (χ0n) is 17.2. The fraction of sp³-hybridized carbons (Fsp3) is 0.375. The fourth-order valence-corrected chi connectivity index (χ4v) is 4.01. The quantitative estimate of drug-likeness (QED) is 0.780. The van der Waals surface area contributed by atoms with Crippen LogP contribution < -0.4 is 10.8 Å². The number of amides is 2. The molecule has 0 saturated carbocycles. The van der Waals surface area contributed by atoms with Crippen molar-refractivity contribution < 1.29 is 9.63 Å². The molecule has 0 bridgehead atoms. The summed E-state index contributed by atoms with van der Waals surface area (Å²) in [5.74, 6) is 0. The lowest BCUT2D eigenvalue weighted by Crippen LogP contribution is -2.48. The van der Waals surface area contributed by atoms with Gasteiger partial charge in [-0.1, -0.05) is 61.4 Å². The molecule has 5 heteroatoms. The van der Waals surface area contributed by atoms with Gasteiger partial charge in [-0.2, -0.15) is 0 Å². The highest BCUT2D eigenvalue weighted by Crippen LogP contribution is 2.35. The average molecular weight is 392 g/mol. The van der Waals surface area contributed by atoms with E-state index in [0.717, 1.165) is 42.6 Å². The summed E-state index contributed by atoms with van der Waals surface area (Å²) in [5.41, 5.74) is 8.24. The van der Waals surface area contributed by atoms with Gasteiger partial charge in [0.05, 0.1) is 5.70 Å². The molecule has 1 fully saturated rings. The van der Waals surface area contributed by atoms with Crippen molar-refractivity contribution in [2.45, 2.75) is 45.1 Å². The van der Waals surface area contributed by atoms with E-state index >= 15 is 0 Å². The van der Waals surface area contributed by atoms with Crippen LogP contribution in [-0.2, 0) is 11.3 Å². The number of hydrogen-bond acceptors (Lipinski definition) is 3. The van der Waals surface area contributed by atoms with Crippen LogP contribution >= 0.6 is 0 Å². The Morgan fingerprint density at radius 3 is 2.59 bits per heavy atom. The van der Waals surface area contributed by atoms with Crippen LogP contribution in [0.15, 0.2) is 54.6 Å². The number of urea groups is 1. The summed E-state index contributed by atoms with van der Waals surface area (Å²) in [6.07, 6.45) is 5.76. The van der Waals surface area contributed by atoms with E-state index in [-0.39, 0.29) is 11.6 Å². The Labute approximate surface area is 172 Å². The third kappa shape index (κ3) is 4.30. The Balaban J connectivity index is 1.38. The molecule has 2 heterocycles. The summed E-state index contributed by atoms with van der Waals surface area (Å²) in [6.45, 7) is 5.57. The van der Waals surface area contributed by atoms with Gasteiger partial charge in [-0.05, 0) is 36.6 Å². The number of piperidine rings is 1. The van der Waals surface area contributed by atoms with Crippen molar-refractivity contribution in [1.29, 1.82) is 0 Å². The van der Waals surface area contributed by atoms with Gasteiger partial charge in [0.1, 0.15) is 5.60 Å². The molecule has 2 N–H and O–H groups in total. The maximum Gasteiger partial charge on any atom is 0.321 e. The molecule has 1 spiro atoms. The lowest BCUT2D eigenvalue weighted by molar-refractivity contribution is -0.0634. The first kappa shape index (κ1) is 19.5. The molecule has 0 aromatic heterocycles. The van der Waals surface area contributed by atoms with Crippen molar-refractivity contribution in [3.05, 3.63) is 71.3 Å². The molecule has 0 atom stereocenters. The van der Waals surface area contributed by atoms with Gasteiger partial charge in [-0.25, -0.2) is 4.79 Å². The zero-order valence-corrected chi connectivity index (χ0v) is 17.2. The molecule has 2 aromatic carbocycles. The third-order valence-corrected chi connectivity index (χ3v) is 5.81. The molecule has 0 aliphatic carbocycles. The minimum absolute atomic E-state index is 0.0305. The second kappa shape index (κ2) is 8.29. The highest BCUT2D eigenvalue weighted by Gasteiger charge is 2.39. The van der Waals surface area contributed by atoms with Crippen LogP contribution in [0.2, 0.25) is 0 Å². The van der Waals surface area contributed by atoms with Crippen LogP contribution in [0.1, 0.15) is 42.9 Å². The normalized spacial score (nSPS) is 17.7. The standard InChI is InChI=1S/C24H29N3O2/c1-3-6-19-7-4-5-8-21(19)25-23(28)27-15-13-24(14-16-27)17-22(26-29-24)20-11-9-18(2)10-12-20/h4-5,7-12,17,26H,3,6,13-16H2,1-2H3,(H,25,28). The highest BCUT2D eigenvalue weighted by atomic mass is 16.7. The van der Waals surface area contributed by atoms with Gasteiger partial charge in [-0.15, -0.1) is 0 Å². The number of aryl methyl sites for hydroxylation is 2. The molecule has 29 heavy (non-hydrogen) atoms. The predicted molar refractivity (Wildman–Crippen MR) is 116 cm³/mol. The molecule has 2 aromatic rings. The number of nitrogens with zero attached hydrogens (tertiary/aromatic N) is 1. The van der Waals surface area contributed by atoms with E-state index in [9.17, 15) is 4.79 Å². The zero-order chi connectivity index (χ0) is 20.3. The Hall–Kier alpha value is -2.79. The van der Waals surface area contributed by atoms with Crippen LogP contribution in [0.4, 0.5) is 10.5 Å². The Bertz CT molecular complexity index is 897. The van der Waals surface area contributed by atoms with Gasteiger partial charge >= 0.3 is 6.03 Å². The van der Waals surface area contributed by atoms with E-state index in [0.29, 0.717) is 13.1 Å². The molecule has 0 unspecified atom stereocenters. The highest BCUT2D eigenvalue weighted by molar-refractivity contribution is 5.90. The summed E-state index contributed by atoms with van der Waals surface area (Å²) in [4.78, 5) is 20.6. The van der Waals surface area contributed by atoms with E-state index in [1.807, 2.05) is 23.1 Å². The minimum Gasteiger partial charge on any atom is -0.324 e. The minimum atomic E-state index is -0.336. The summed E-state index contributed by atoms with van der Waals surface area (Å²) < 4.78 is 0. The maximum absolute atomic E-state index is 12.8. The van der Waals surface area contributed by atoms with Crippen molar-refractivity contribution >= 4 is 17.4 Å². The average Bonchev–Trinajstić information content (AvgIpc) is 3.14. The van der Waals surface area contributed by atoms with Crippen LogP contribution in [-0.4, -0.2) is 29.6 Å². The van der Waals surface area contributed by atoms with E-state index in [4.69, 9.17) is 4.84 Å². The van der Waals surface area contributed by atoms with Gasteiger partial charge in [0.15, 0.2) is 0 Å². The first-order chi connectivity index (χ1) is 14.1. The van der Waals surface area contributed by atoms with Gasteiger partial charge < -0.3 is 10.2 Å². The van der Waals surface area contributed by atoms with Crippen LogP contribution in [0.25, 0.3) is 5.70 Å². The molecule has 2 aliphatic heterocycles. The second-order valence-corrected chi connectivity index (χ2v) is 8.02. The van der Waals surface area contributed by atoms with Crippen molar-refractivity contribution in [3.8, 4) is 0 Å². The van der Waals surface area contributed by atoms with Crippen molar-refractivity contribution in [1.82, 2.24) is 10.4 Å². The molecule has 2 amide bonds. The van der Waals surface area contributed by atoms with Gasteiger partial charge in [0, 0.05) is 31.6 Å². The number of carbonyl (C=O) groups excluding carboxylic acids is 1. The summed E-state index contributed by atoms with van der Waals surface area (Å²) in [5, 5.41) is 3.10. The van der Waals surface area contributed by atoms with Gasteiger partial charge in [-0.3, -0.25) is 10.3 Å². The van der Waals surface area contributed by atoms with E-state index < -0.39 is 0 Å². The third-order valence-electron chi connectivity index (χ3n) is 5.81. The Kier molecular flexibility index (Phi) is 5.58. The molecule has 4 rings (SSSR count). The molecular formula is C24H29N3O2. The maximum atomic E-state index is 12.8. The summed E-state index contributed by atoms with van der Waals surface area (Å²) in [6, 6.07) is 16.4. The fourth-order valence-electron chi connectivity index (χ4n) is 4.01. The number of hydroxylamine groups is 1. The molecular weight excluding hydrogens is 362 g/mol. The first-order valence-electron chi connectivity index (χ1n) is 10.5. The number of para-hydroxylation sites is 1. The van der Waals surface area contributed by atoms with E-state index in [2.05, 4.69) is 61.1 Å². The van der Waals surface area contributed by atoms with Gasteiger partial charge in [0.2, 0.25) is 0 Å². The van der Waals surface area contributed by atoms with Gasteiger partial charge in [0.25, 0.3) is 0 Å². The summed E-state index contributed by atoms with van der Waals surface area (Å²) in [7, 11) is 0. The smallest absolute Gasteiger partial charge is 0.321 e. The van der Waals surface area contributed by atoms with Crippen molar-refractivity contribution in [3.63, 3.8) is 0 Å². The van der Waals surface area contributed by atoms with E-state index in [1.165, 1.54) is 11.1 Å².